The van der Waals surface area contributed by atoms with Gasteiger partial charge in [-0.15, -0.1) is 0 Å². The van der Waals surface area contributed by atoms with Crippen LogP contribution in [0.1, 0.15) is 17.2 Å². The van der Waals surface area contributed by atoms with Crippen molar-refractivity contribution in [2.75, 3.05) is 13.2 Å². The van der Waals surface area contributed by atoms with Crippen LogP contribution in [0.2, 0.25) is 10.0 Å². The van der Waals surface area contributed by atoms with Crippen molar-refractivity contribution in [3.63, 3.8) is 0 Å². The Labute approximate surface area is 150 Å². The van der Waals surface area contributed by atoms with E-state index in [1.807, 2.05) is 30.3 Å². The Bertz CT molecular complexity index is 723. The minimum Gasteiger partial charge on any atom is -0.380 e. The number of aliphatic hydroxyl groups excluding tert-OH is 1. The molecule has 2 atom stereocenters. The zero-order valence-electron chi connectivity index (χ0n) is 12.9. The average Bonchev–Trinajstić information content (AvgIpc) is 2.72. The lowest BCUT2D eigenvalue weighted by Gasteiger charge is -2.24. The number of halogens is 2. The van der Waals surface area contributed by atoms with Crippen LogP contribution >= 0.6 is 23.2 Å². The summed E-state index contributed by atoms with van der Waals surface area (Å²) in [5.74, 6) is -0.354. The molecule has 1 aliphatic rings. The second-order valence-electron chi connectivity index (χ2n) is 5.66. The van der Waals surface area contributed by atoms with Crippen molar-refractivity contribution < 1.29 is 14.6 Å². The third-order valence-corrected chi connectivity index (χ3v) is 4.74. The maximum atomic E-state index is 12.6. The number of carbonyl (C=O) groups excluding carboxylic acids is 1. The molecule has 0 bridgehead atoms. The summed E-state index contributed by atoms with van der Waals surface area (Å²) in [5.41, 5.74) is 1.64. The quantitative estimate of drug-likeness (QED) is 0.905. The number of benzene rings is 2. The molecule has 0 spiro atoms. The maximum absolute atomic E-state index is 12.6. The molecular weight excluding hydrogens is 349 g/mol. The molecule has 1 N–H and O–H groups in total. The average molecular weight is 366 g/mol. The van der Waals surface area contributed by atoms with Gasteiger partial charge < -0.3 is 14.7 Å². The van der Waals surface area contributed by atoms with Crippen LogP contribution < -0.4 is 0 Å². The summed E-state index contributed by atoms with van der Waals surface area (Å²) in [7, 11) is 0. The molecule has 126 valence electrons. The van der Waals surface area contributed by atoms with E-state index in [9.17, 15) is 9.90 Å². The van der Waals surface area contributed by atoms with Gasteiger partial charge in [-0.25, -0.2) is 0 Å². The molecule has 6 heteroatoms. The Hall–Kier alpha value is -1.59. The summed E-state index contributed by atoms with van der Waals surface area (Å²) in [6.45, 7) is 1.19. The molecule has 1 heterocycles. The van der Waals surface area contributed by atoms with Crippen molar-refractivity contribution >= 4 is 29.1 Å². The first-order valence-electron chi connectivity index (χ1n) is 7.63. The van der Waals surface area contributed by atoms with E-state index in [1.165, 1.54) is 0 Å². The van der Waals surface area contributed by atoms with E-state index in [4.69, 9.17) is 27.9 Å². The summed E-state index contributed by atoms with van der Waals surface area (Å²) in [6.07, 6.45) is -2.04. The lowest BCUT2D eigenvalue weighted by Crippen LogP contribution is -2.39. The smallest absolute Gasteiger partial charge is 0.254 e. The highest BCUT2D eigenvalue weighted by Crippen LogP contribution is 2.30. The van der Waals surface area contributed by atoms with E-state index < -0.39 is 12.2 Å². The zero-order valence-corrected chi connectivity index (χ0v) is 14.4. The van der Waals surface area contributed by atoms with Gasteiger partial charge in [0.05, 0.1) is 16.7 Å². The van der Waals surface area contributed by atoms with E-state index in [-0.39, 0.29) is 5.91 Å². The molecule has 3 rings (SSSR count). The predicted molar refractivity (Wildman–Crippen MR) is 93.0 cm³/mol. The lowest BCUT2D eigenvalue weighted by atomic mass is 10.0. The van der Waals surface area contributed by atoms with Crippen molar-refractivity contribution in [3.8, 4) is 0 Å². The highest BCUT2D eigenvalue weighted by atomic mass is 35.5. The van der Waals surface area contributed by atoms with Crippen LogP contribution in [0.4, 0.5) is 0 Å². The van der Waals surface area contributed by atoms with Gasteiger partial charge in [0, 0.05) is 13.1 Å². The highest BCUT2D eigenvalue weighted by molar-refractivity contribution is 6.42. The summed E-state index contributed by atoms with van der Waals surface area (Å²) in [6, 6.07) is 14.6. The van der Waals surface area contributed by atoms with Crippen LogP contribution in [0.5, 0.6) is 0 Å². The molecule has 0 radical (unpaired) electrons. The number of carbonyl (C=O) groups is 1. The van der Waals surface area contributed by atoms with Gasteiger partial charge in [0.1, 0.15) is 6.10 Å². The van der Waals surface area contributed by atoms with E-state index >= 15 is 0 Å². The Morgan fingerprint density at radius 1 is 1.12 bits per heavy atom. The van der Waals surface area contributed by atoms with Crippen LogP contribution in [-0.4, -0.2) is 35.2 Å². The van der Waals surface area contributed by atoms with Crippen LogP contribution in [-0.2, 0) is 16.1 Å². The molecule has 2 unspecified atom stereocenters. The van der Waals surface area contributed by atoms with Gasteiger partial charge in [-0.2, -0.15) is 0 Å². The van der Waals surface area contributed by atoms with Gasteiger partial charge in [-0.3, -0.25) is 4.79 Å². The second-order valence-corrected chi connectivity index (χ2v) is 6.47. The van der Waals surface area contributed by atoms with Gasteiger partial charge in [0.25, 0.3) is 5.91 Å². The van der Waals surface area contributed by atoms with Gasteiger partial charge in [-0.05, 0) is 23.3 Å². The number of nitrogens with zero attached hydrogens (tertiary/aromatic N) is 1. The summed E-state index contributed by atoms with van der Waals surface area (Å²) < 4.78 is 5.72. The molecule has 1 amide bonds. The lowest BCUT2D eigenvalue weighted by molar-refractivity contribution is -0.143. The molecule has 24 heavy (non-hydrogen) atoms. The third kappa shape index (κ3) is 3.73. The summed E-state index contributed by atoms with van der Waals surface area (Å²) >= 11 is 11.9. The Kier molecular flexibility index (Phi) is 5.41. The topological polar surface area (TPSA) is 49.8 Å². The molecular formula is C18H17Cl2NO3. The van der Waals surface area contributed by atoms with Crippen molar-refractivity contribution in [2.45, 2.75) is 18.8 Å². The molecule has 0 aliphatic carbocycles. The van der Waals surface area contributed by atoms with Crippen molar-refractivity contribution in [2.24, 2.45) is 0 Å². The molecule has 2 aromatic carbocycles. The van der Waals surface area contributed by atoms with E-state index in [2.05, 4.69) is 0 Å². The standard InChI is InChI=1S/C18H17Cl2NO3/c19-14-7-6-13(10-15(14)20)17-16(22)18(23)21(8-9-24-17)11-12-4-2-1-3-5-12/h1-7,10,16-17,22H,8-9,11H2. The van der Waals surface area contributed by atoms with E-state index in [0.717, 1.165) is 5.56 Å². The Morgan fingerprint density at radius 2 is 1.88 bits per heavy atom. The molecule has 2 aromatic rings. The van der Waals surface area contributed by atoms with E-state index in [1.54, 1.807) is 23.1 Å². The number of hydrogen-bond acceptors (Lipinski definition) is 3. The van der Waals surface area contributed by atoms with Gasteiger partial charge in [-0.1, -0.05) is 59.6 Å². The van der Waals surface area contributed by atoms with Crippen molar-refractivity contribution in [3.05, 3.63) is 69.7 Å². The molecule has 1 aliphatic heterocycles. The van der Waals surface area contributed by atoms with Crippen LogP contribution in [0.25, 0.3) is 0 Å². The summed E-state index contributed by atoms with van der Waals surface area (Å²) in [5, 5.41) is 11.3. The fourth-order valence-corrected chi connectivity index (χ4v) is 3.04. The SMILES string of the molecule is O=C1C(O)C(c2ccc(Cl)c(Cl)c2)OCCN1Cc1ccccc1. The minimum absolute atomic E-state index is 0.334. The normalized spacial score (nSPS) is 21.6. The van der Waals surface area contributed by atoms with E-state index in [0.29, 0.717) is 35.3 Å². The first-order chi connectivity index (χ1) is 11.6. The first kappa shape index (κ1) is 17.2. The van der Waals surface area contributed by atoms with Crippen molar-refractivity contribution in [1.82, 2.24) is 4.90 Å². The second kappa shape index (κ2) is 7.53. The number of hydrogen-bond donors (Lipinski definition) is 1. The van der Waals surface area contributed by atoms with Gasteiger partial charge in [0.15, 0.2) is 6.10 Å². The molecule has 4 nitrogen and oxygen atoms in total. The number of aliphatic hydroxyl groups is 1. The highest BCUT2D eigenvalue weighted by Gasteiger charge is 2.35. The van der Waals surface area contributed by atoms with Crippen LogP contribution in [0.15, 0.2) is 48.5 Å². The fourth-order valence-electron chi connectivity index (χ4n) is 2.74. The summed E-state index contributed by atoms with van der Waals surface area (Å²) in [4.78, 5) is 14.2. The minimum atomic E-state index is -1.28. The zero-order chi connectivity index (χ0) is 17.1. The molecule has 0 saturated carbocycles. The molecule has 1 fully saturated rings. The third-order valence-electron chi connectivity index (χ3n) is 4.00. The Balaban J connectivity index is 1.79. The largest absolute Gasteiger partial charge is 0.380 e. The first-order valence-corrected chi connectivity index (χ1v) is 8.39. The van der Waals surface area contributed by atoms with Crippen LogP contribution in [0.3, 0.4) is 0 Å². The molecule has 0 aromatic heterocycles. The number of amides is 1. The monoisotopic (exact) mass is 365 g/mol. The van der Waals surface area contributed by atoms with Crippen LogP contribution in [0, 0.1) is 0 Å². The van der Waals surface area contributed by atoms with Crippen molar-refractivity contribution in [1.29, 1.82) is 0 Å². The van der Waals surface area contributed by atoms with Gasteiger partial charge in [0.2, 0.25) is 0 Å². The fraction of sp³-hybridized carbons (Fsp3) is 0.278. The predicted octanol–water partition coefficient (Wildman–Crippen LogP) is 3.45. The number of ether oxygens (including phenoxy) is 1. The molecule has 1 saturated heterocycles. The van der Waals surface area contributed by atoms with Gasteiger partial charge >= 0.3 is 0 Å². The number of rotatable bonds is 3. The Morgan fingerprint density at radius 3 is 2.58 bits per heavy atom. The maximum Gasteiger partial charge on any atom is 0.254 e.